The first-order valence-electron chi connectivity index (χ1n) is 10.9. The van der Waals surface area contributed by atoms with Crippen LogP contribution in [0.3, 0.4) is 0 Å². The molecule has 4 aromatic rings. The predicted octanol–water partition coefficient (Wildman–Crippen LogP) is 0.655. The molecule has 1 saturated heterocycles. The standard InChI is InChI=1S/C22H21FN8O6/c1-22(34,21(33)26-11-3-4-13-15(7-11)37-29-18(13)24)17-20(32)30(5-6-36-17)19-14(23)10-31(28-19)12-8-16(35-2)27-25-9-12/h3-4,7-10,17,34H,5-6H2,1-2H3,(H2,24,29)(H,26,33)/t17-,22?/m0/s1. The van der Waals surface area contributed by atoms with Crippen LogP contribution in [-0.4, -0.2) is 74.0 Å². The van der Waals surface area contributed by atoms with E-state index in [0.29, 0.717) is 16.7 Å². The van der Waals surface area contributed by atoms with Crippen molar-refractivity contribution in [2.24, 2.45) is 0 Å². The van der Waals surface area contributed by atoms with E-state index in [1.54, 1.807) is 6.07 Å². The monoisotopic (exact) mass is 512 g/mol. The molecule has 0 radical (unpaired) electrons. The van der Waals surface area contributed by atoms with Crippen molar-refractivity contribution in [1.29, 1.82) is 0 Å². The Morgan fingerprint density at radius 3 is 2.97 bits per heavy atom. The second kappa shape index (κ2) is 9.11. The molecular weight excluding hydrogens is 491 g/mol. The SMILES string of the molecule is COc1cc(-n2cc(F)c(N3CCO[C@H](C(C)(O)C(=O)Nc4ccc5c(N)noc5c4)C3=O)n2)cnn1. The molecule has 15 heteroatoms. The largest absolute Gasteiger partial charge is 0.480 e. The van der Waals surface area contributed by atoms with Crippen molar-refractivity contribution in [3.05, 3.63) is 42.5 Å². The Balaban J connectivity index is 1.36. The number of aromatic nitrogens is 5. The number of nitrogens with zero attached hydrogens (tertiary/aromatic N) is 6. The van der Waals surface area contributed by atoms with Gasteiger partial charge in [0, 0.05) is 17.8 Å². The van der Waals surface area contributed by atoms with E-state index >= 15 is 0 Å². The Labute approximate surface area is 207 Å². The maximum absolute atomic E-state index is 14.9. The van der Waals surface area contributed by atoms with Crippen molar-refractivity contribution in [3.63, 3.8) is 0 Å². The molecule has 4 N–H and O–H groups in total. The third kappa shape index (κ3) is 4.30. The van der Waals surface area contributed by atoms with Gasteiger partial charge in [-0.3, -0.25) is 14.5 Å². The number of morpholine rings is 1. The van der Waals surface area contributed by atoms with Gasteiger partial charge in [0.1, 0.15) is 0 Å². The average molecular weight is 512 g/mol. The molecule has 2 atom stereocenters. The molecule has 192 valence electrons. The van der Waals surface area contributed by atoms with Gasteiger partial charge in [0.25, 0.3) is 11.8 Å². The molecule has 37 heavy (non-hydrogen) atoms. The van der Waals surface area contributed by atoms with E-state index in [1.165, 1.54) is 31.5 Å². The van der Waals surface area contributed by atoms with Crippen molar-refractivity contribution >= 4 is 40.1 Å². The number of nitrogens with two attached hydrogens (primary N) is 1. The quantitative estimate of drug-likeness (QED) is 0.330. The number of carbonyl (C=O) groups is 2. The molecule has 0 saturated carbocycles. The summed E-state index contributed by atoms with van der Waals surface area (Å²) in [4.78, 5) is 27.3. The highest BCUT2D eigenvalue weighted by Crippen LogP contribution is 2.28. The van der Waals surface area contributed by atoms with Gasteiger partial charge >= 0.3 is 0 Å². The number of nitrogens with one attached hydrogen (secondary N) is 1. The topological polar surface area (TPSA) is 184 Å². The second-order valence-corrected chi connectivity index (χ2v) is 8.32. The summed E-state index contributed by atoms with van der Waals surface area (Å²) in [5.41, 5.74) is 4.29. The summed E-state index contributed by atoms with van der Waals surface area (Å²) in [5, 5.41) is 29.4. The second-order valence-electron chi connectivity index (χ2n) is 8.32. The molecule has 1 aliphatic rings. The van der Waals surface area contributed by atoms with Crippen LogP contribution in [0.25, 0.3) is 16.7 Å². The van der Waals surface area contributed by atoms with Gasteiger partial charge in [-0.25, -0.2) is 9.07 Å². The molecule has 4 heterocycles. The number of methoxy groups -OCH3 is 1. The normalized spacial score (nSPS) is 17.6. The molecule has 0 bridgehead atoms. The highest BCUT2D eigenvalue weighted by atomic mass is 19.1. The first-order valence-corrected chi connectivity index (χ1v) is 10.9. The Morgan fingerprint density at radius 1 is 1.38 bits per heavy atom. The summed E-state index contributed by atoms with van der Waals surface area (Å²) in [6.45, 7) is 0.992. The number of benzene rings is 1. The summed E-state index contributed by atoms with van der Waals surface area (Å²) in [6.07, 6.45) is 0.751. The lowest BCUT2D eigenvalue weighted by atomic mass is 9.95. The Kier molecular flexibility index (Phi) is 5.93. The van der Waals surface area contributed by atoms with E-state index in [-0.39, 0.29) is 36.4 Å². The zero-order valence-electron chi connectivity index (χ0n) is 19.6. The van der Waals surface area contributed by atoms with Crippen molar-refractivity contribution in [3.8, 4) is 11.6 Å². The smallest absolute Gasteiger partial charge is 0.261 e. The van der Waals surface area contributed by atoms with Crippen molar-refractivity contribution in [2.45, 2.75) is 18.6 Å². The van der Waals surface area contributed by atoms with Gasteiger partial charge in [-0.2, -0.15) is 5.10 Å². The molecular formula is C22H21FN8O6. The first kappa shape index (κ1) is 24.1. The van der Waals surface area contributed by atoms with E-state index in [0.717, 1.165) is 22.7 Å². The first-order chi connectivity index (χ1) is 17.7. The van der Waals surface area contributed by atoms with Gasteiger partial charge in [-0.05, 0) is 19.1 Å². The molecule has 3 aromatic heterocycles. The number of nitrogen functional groups attached to an aromatic ring is 1. The minimum atomic E-state index is -2.33. The number of anilines is 3. The van der Waals surface area contributed by atoms with Crippen LogP contribution < -0.4 is 20.7 Å². The van der Waals surface area contributed by atoms with Crippen molar-refractivity contribution in [2.75, 3.05) is 36.2 Å². The van der Waals surface area contributed by atoms with Gasteiger partial charge in [0.2, 0.25) is 5.88 Å². The fraction of sp³-hybridized carbons (Fsp3) is 0.273. The third-order valence-corrected chi connectivity index (χ3v) is 5.82. The van der Waals surface area contributed by atoms with Crippen LogP contribution in [0.2, 0.25) is 0 Å². The highest BCUT2D eigenvalue weighted by Gasteiger charge is 2.49. The summed E-state index contributed by atoms with van der Waals surface area (Å²) >= 11 is 0. The van der Waals surface area contributed by atoms with Gasteiger partial charge in [-0.1, -0.05) is 5.16 Å². The van der Waals surface area contributed by atoms with E-state index in [1.807, 2.05) is 0 Å². The number of amides is 2. The maximum Gasteiger partial charge on any atom is 0.261 e. The van der Waals surface area contributed by atoms with E-state index in [2.05, 4.69) is 25.8 Å². The molecule has 1 aliphatic heterocycles. The lowest BCUT2D eigenvalue weighted by Gasteiger charge is -2.37. The molecule has 1 fully saturated rings. The van der Waals surface area contributed by atoms with E-state index in [9.17, 15) is 19.1 Å². The number of hydrogen-bond donors (Lipinski definition) is 3. The summed E-state index contributed by atoms with van der Waals surface area (Å²) in [7, 11) is 1.40. The number of ether oxygens (including phenoxy) is 2. The van der Waals surface area contributed by atoms with Gasteiger partial charge in [-0.15, -0.1) is 10.2 Å². The third-order valence-electron chi connectivity index (χ3n) is 5.82. The van der Waals surface area contributed by atoms with Crippen LogP contribution in [0.4, 0.5) is 21.7 Å². The fourth-order valence-corrected chi connectivity index (χ4v) is 3.83. The molecule has 0 spiro atoms. The van der Waals surface area contributed by atoms with E-state index < -0.39 is 29.3 Å². The van der Waals surface area contributed by atoms with Crippen LogP contribution in [0.1, 0.15) is 6.92 Å². The van der Waals surface area contributed by atoms with Gasteiger partial charge in [0.05, 0.1) is 43.7 Å². The zero-order chi connectivity index (χ0) is 26.3. The van der Waals surface area contributed by atoms with Crippen LogP contribution in [0.15, 0.2) is 41.2 Å². The molecule has 1 aromatic carbocycles. The minimum absolute atomic E-state index is 0.0531. The number of carbonyl (C=O) groups excluding carboxylic acids is 2. The van der Waals surface area contributed by atoms with Crippen LogP contribution in [0.5, 0.6) is 5.88 Å². The molecule has 1 unspecified atom stereocenters. The fourth-order valence-electron chi connectivity index (χ4n) is 3.83. The molecule has 0 aliphatic carbocycles. The van der Waals surface area contributed by atoms with Crippen LogP contribution in [0, 0.1) is 5.82 Å². The lowest BCUT2D eigenvalue weighted by Crippen LogP contribution is -2.61. The summed E-state index contributed by atoms with van der Waals surface area (Å²) < 4.78 is 31.6. The average Bonchev–Trinajstić information content (AvgIpc) is 3.46. The Morgan fingerprint density at radius 2 is 2.19 bits per heavy atom. The molecule has 2 amide bonds. The Bertz CT molecular complexity index is 1500. The van der Waals surface area contributed by atoms with Crippen LogP contribution in [-0.2, 0) is 14.3 Å². The maximum atomic E-state index is 14.9. The number of rotatable bonds is 6. The number of aliphatic hydroxyl groups is 1. The zero-order valence-corrected chi connectivity index (χ0v) is 19.6. The summed E-state index contributed by atoms with van der Waals surface area (Å²) in [5.74, 6) is -2.52. The van der Waals surface area contributed by atoms with E-state index in [4.69, 9.17) is 19.7 Å². The lowest BCUT2D eigenvalue weighted by molar-refractivity contribution is -0.165. The minimum Gasteiger partial charge on any atom is -0.480 e. The van der Waals surface area contributed by atoms with Crippen molar-refractivity contribution in [1.82, 2.24) is 25.1 Å². The summed E-state index contributed by atoms with van der Waals surface area (Å²) in [6, 6.07) is 6.06. The van der Waals surface area contributed by atoms with Crippen LogP contribution >= 0.6 is 0 Å². The molecule has 14 nitrogen and oxygen atoms in total. The number of fused-ring (bicyclic) bond motifs is 1. The predicted molar refractivity (Wildman–Crippen MR) is 125 cm³/mol. The Hall–Kier alpha value is -4.63. The number of hydrogen-bond acceptors (Lipinski definition) is 11. The number of halogens is 1. The van der Waals surface area contributed by atoms with Gasteiger partial charge in [0.15, 0.2) is 34.7 Å². The molecule has 5 rings (SSSR count). The van der Waals surface area contributed by atoms with Gasteiger partial charge < -0.3 is 30.2 Å². The highest BCUT2D eigenvalue weighted by molar-refractivity contribution is 6.06. The van der Waals surface area contributed by atoms with Crippen molar-refractivity contribution < 1.29 is 33.1 Å².